The molecule has 0 unspecified atom stereocenters. The predicted octanol–water partition coefficient (Wildman–Crippen LogP) is 5.51. The fraction of sp³-hybridized carbons (Fsp3) is 0. The summed E-state index contributed by atoms with van der Waals surface area (Å²) >= 11 is 18.4. The van der Waals surface area contributed by atoms with Gasteiger partial charge in [0.25, 0.3) is 5.91 Å². The van der Waals surface area contributed by atoms with E-state index in [9.17, 15) is 9.59 Å². The number of benzene rings is 2. The van der Waals surface area contributed by atoms with Gasteiger partial charge in [-0.05, 0) is 36.4 Å². The molecule has 2 aromatic carbocycles. The molecule has 3 aromatic rings. The maximum atomic E-state index is 12.8. The molecule has 1 aliphatic heterocycles. The van der Waals surface area contributed by atoms with Crippen molar-refractivity contribution < 1.29 is 9.21 Å². The summed E-state index contributed by atoms with van der Waals surface area (Å²) in [6.45, 7) is 0. The number of rotatable bonds is 2. The zero-order valence-electron chi connectivity index (χ0n) is 13.4. The maximum Gasteiger partial charge on any atom is 0.343 e. The summed E-state index contributed by atoms with van der Waals surface area (Å²) < 4.78 is 5.65. The van der Waals surface area contributed by atoms with Crippen molar-refractivity contribution in [2.75, 3.05) is 4.90 Å². The molecule has 4 rings (SSSR count). The third-order valence-corrected chi connectivity index (χ3v) is 5.95. The van der Waals surface area contributed by atoms with Crippen LogP contribution in [0.5, 0.6) is 0 Å². The van der Waals surface area contributed by atoms with Gasteiger partial charge in [-0.2, -0.15) is 0 Å². The number of halogens is 2. The number of hydrogen-bond donors (Lipinski definition) is 0. The van der Waals surface area contributed by atoms with E-state index < -0.39 is 5.63 Å². The molecular weight excluding hydrogens is 425 g/mol. The van der Waals surface area contributed by atoms with Gasteiger partial charge in [0, 0.05) is 5.39 Å². The minimum absolute atomic E-state index is 0.281. The van der Waals surface area contributed by atoms with Gasteiger partial charge in [0.05, 0.1) is 26.2 Å². The third-order valence-electron chi connectivity index (χ3n) is 3.91. The fourth-order valence-corrected chi connectivity index (χ4v) is 4.22. The Labute approximate surface area is 173 Å². The second kappa shape index (κ2) is 7.13. The van der Waals surface area contributed by atoms with Crippen molar-refractivity contribution in [3.8, 4) is 0 Å². The quantitative estimate of drug-likeness (QED) is 0.303. The van der Waals surface area contributed by atoms with E-state index >= 15 is 0 Å². The summed E-state index contributed by atoms with van der Waals surface area (Å²) in [5, 5.41) is 1.47. The first-order valence-corrected chi connectivity index (χ1v) is 9.68. The molecule has 1 aliphatic rings. The van der Waals surface area contributed by atoms with Gasteiger partial charge in [0.15, 0.2) is 4.32 Å². The van der Waals surface area contributed by atoms with E-state index in [1.165, 1.54) is 11.0 Å². The van der Waals surface area contributed by atoms with Crippen LogP contribution < -0.4 is 10.5 Å². The minimum atomic E-state index is -0.520. The lowest BCUT2D eigenvalue weighted by molar-refractivity contribution is -0.113. The van der Waals surface area contributed by atoms with E-state index in [0.29, 0.717) is 30.5 Å². The maximum absolute atomic E-state index is 12.8. The summed E-state index contributed by atoms with van der Waals surface area (Å²) in [4.78, 5) is 26.8. The van der Waals surface area contributed by atoms with Crippen molar-refractivity contribution >= 4 is 80.1 Å². The van der Waals surface area contributed by atoms with E-state index in [1.807, 2.05) is 12.1 Å². The Hall–Kier alpha value is -2.12. The van der Waals surface area contributed by atoms with Crippen molar-refractivity contribution in [2.24, 2.45) is 0 Å². The Morgan fingerprint density at radius 2 is 1.81 bits per heavy atom. The highest BCUT2D eigenvalue weighted by Crippen LogP contribution is 2.37. The van der Waals surface area contributed by atoms with Crippen molar-refractivity contribution in [3.63, 3.8) is 0 Å². The van der Waals surface area contributed by atoms with Crippen LogP contribution in [0.4, 0.5) is 5.69 Å². The topological polar surface area (TPSA) is 50.5 Å². The highest BCUT2D eigenvalue weighted by Gasteiger charge is 2.33. The number of fused-ring (bicyclic) bond motifs is 1. The summed E-state index contributed by atoms with van der Waals surface area (Å²) in [5.74, 6) is -0.337. The van der Waals surface area contributed by atoms with Crippen LogP contribution in [0.3, 0.4) is 0 Å². The predicted molar refractivity (Wildman–Crippen MR) is 115 cm³/mol. The third kappa shape index (κ3) is 3.41. The molecule has 0 saturated carbocycles. The second-order valence-electron chi connectivity index (χ2n) is 5.64. The molecule has 1 amide bonds. The molecule has 0 N–H and O–H groups in total. The molecule has 0 radical (unpaired) electrons. The van der Waals surface area contributed by atoms with Gasteiger partial charge in [-0.3, -0.25) is 9.69 Å². The lowest BCUT2D eigenvalue weighted by atomic mass is 10.1. The van der Waals surface area contributed by atoms with E-state index in [-0.39, 0.29) is 11.5 Å². The Morgan fingerprint density at radius 1 is 1.04 bits per heavy atom. The van der Waals surface area contributed by atoms with Crippen LogP contribution in [0, 0.1) is 0 Å². The number of carbonyl (C=O) groups excluding carboxylic acids is 1. The number of amides is 1. The van der Waals surface area contributed by atoms with Gasteiger partial charge in [0.2, 0.25) is 0 Å². The number of thiocarbonyl (C=S) groups is 1. The zero-order valence-corrected chi connectivity index (χ0v) is 16.6. The van der Waals surface area contributed by atoms with Gasteiger partial charge >= 0.3 is 5.63 Å². The molecule has 0 aliphatic carbocycles. The zero-order chi connectivity index (χ0) is 19.1. The molecular formula is C19H9Cl2NO3S2. The average Bonchev–Trinajstić information content (AvgIpc) is 2.92. The van der Waals surface area contributed by atoms with Crippen molar-refractivity contribution in [1.82, 2.24) is 0 Å². The number of anilines is 1. The smallest absolute Gasteiger partial charge is 0.343 e. The fourth-order valence-electron chi connectivity index (χ4n) is 2.63. The number of carbonyl (C=O) groups is 1. The Bertz CT molecular complexity index is 1200. The number of hydrogen-bond acceptors (Lipinski definition) is 5. The monoisotopic (exact) mass is 433 g/mol. The Morgan fingerprint density at radius 3 is 2.59 bits per heavy atom. The normalized spacial score (nSPS) is 15.9. The number of nitrogens with zero attached hydrogens (tertiary/aromatic N) is 1. The summed E-state index contributed by atoms with van der Waals surface area (Å²) in [6, 6.07) is 13.7. The molecule has 27 heavy (non-hydrogen) atoms. The largest absolute Gasteiger partial charge is 0.422 e. The molecule has 4 nitrogen and oxygen atoms in total. The van der Waals surface area contributed by atoms with Crippen LogP contribution in [0.25, 0.3) is 17.0 Å². The van der Waals surface area contributed by atoms with Gasteiger partial charge in [-0.15, -0.1) is 0 Å². The van der Waals surface area contributed by atoms with Crippen molar-refractivity contribution in [2.45, 2.75) is 0 Å². The van der Waals surface area contributed by atoms with Gasteiger partial charge in [0.1, 0.15) is 5.58 Å². The van der Waals surface area contributed by atoms with Gasteiger partial charge < -0.3 is 4.42 Å². The summed E-state index contributed by atoms with van der Waals surface area (Å²) in [5.41, 5.74) is 0.765. The minimum Gasteiger partial charge on any atom is -0.422 e. The second-order valence-corrected chi connectivity index (χ2v) is 8.13. The first-order valence-electron chi connectivity index (χ1n) is 7.70. The molecule has 1 saturated heterocycles. The SMILES string of the molecule is O=C1/C(=C/c2cc3ccccc3oc2=O)SC(=S)N1c1ccc(Cl)c(Cl)c1. The van der Waals surface area contributed by atoms with Gasteiger partial charge in [-0.25, -0.2) is 4.79 Å². The standard InChI is InChI=1S/C19H9Cl2NO3S2/c20-13-6-5-12(9-14(13)21)22-17(23)16(27-19(22)26)8-11-7-10-3-1-2-4-15(10)25-18(11)24/h1-9H/b16-8-. The Balaban J connectivity index is 1.74. The van der Waals surface area contributed by atoms with E-state index in [4.69, 9.17) is 39.8 Å². The molecule has 0 atom stereocenters. The molecule has 1 fully saturated rings. The van der Waals surface area contributed by atoms with Crippen LogP contribution in [0.15, 0.2) is 62.6 Å². The lowest BCUT2D eigenvalue weighted by Gasteiger charge is -2.15. The van der Waals surface area contributed by atoms with Gasteiger partial charge in [-0.1, -0.05) is 65.4 Å². The molecule has 2 heterocycles. The summed E-state index contributed by atoms with van der Waals surface area (Å²) in [6.07, 6.45) is 1.50. The molecule has 0 spiro atoms. The van der Waals surface area contributed by atoms with Crippen LogP contribution in [-0.2, 0) is 4.79 Å². The first kappa shape index (κ1) is 18.3. The summed E-state index contributed by atoms with van der Waals surface area (Å²) in [7, 11) is 0. The molecule has 0 bridgehead atoms. The average molecular weight is 434 g/mol. The van der Waals surface area contributed by atoms with E-state index in [1.54, 1.807) is 36.4 Å². The van der Waals surface area contributed by atoms with Crippen LogP contribution in [0.1, 0.15) is 5.56 Å². The van der Waals surface area contributed by atoms with Crippen LogP contribution >= 0.6 is 47.2 Å². The number of thioether (sulfide) groups is 1. The van der Waals surface area contributed by atoms with Crippen molar-refractivity contribution in [1.29, 1.82) is 0 Å². The van der Waals surface area contributed by atoms with Crippen LogP contribution in [0.2, 0.25) is 10.0 Å². The first-order chi connectivity index (χ1) is 12.9. The highest BCUT2D eigenvalue weighted by molar-refractivity contribution is 8.27. The highest BCUT2D eigenvalue weighted by atomic mass is 35.5. The van der Waals surface area contributed by atoms with E-state index in [0.717, 1.165) is 17.1 Å². The van der Waals surface area contributed by atoms with Crippen LogP contribution in [-0.4, -0.2) is 10.2 Å². The van der Waals surface area contributed by atoms with Crippen molar-refractivity contribution in [3.05, 3.63) is 79.5 Å². The number of para-hydroxylation sites is 1. The molecule has 1 aromatic heterocycles. The lowest BCUT2D eigenvalue weighted by Crippen LogP contribution is -2.27. The van der Waals surface area contributed by atoms with E-state index in [2.05, 4.69) is 0 Å². The molecule has 134 valence electrons. The Kier molecular flexibility index (Phi) is 4.82. The molecule has 8 heteroatoms.